The lowest BCUT2D eigenvalue weighted by atomic mass is 10.00. The summed E-state index contributed by atoms with van der Waals surface area (Å²) in [5.41, 5.74) is 4.09. The average Bonchev–Trinajstić information content (AvgIpc) is 3.18. The predicted octanol–water partition coefficient (Wildman–Crippen LogP) is 4.08. The van der Waals surface area contributed by atoms with E-state index in [9.17, 15) is 4.79 Å². The molecule has 0 saturated heterocycles. The van der Waals surface area contributed by atoms with Gasteiger partial charge >= 0.3 is 5.97 Å². The number of aryl methyl sites for hydroxylation is 1. The van der Waals surface area contributed by atoms with Crippen LogP contribution in [0, 0.1) is 6.92 Å². The lowest BCUT2D eigenvalue weighted by molar-refractivity contribution is 0.0592. The number of ether oxygens (including phenoxy) is 3. The number of hydrogen-bond acceptors (Lipinski definition) is 8. The smallest absolute Gasteiger partial charge is 0.338 e. The lowest BCUT2D eigenvalue weighted by Gasteiger charge is -2.18. The van der Waals surface area contributed by atoms with E-state index in [2.05, 4.69) is 9.97 Å². The van der Waals surface area contributed by atoms with Gasteiger partial charge in [0.25, 0.3) is 0 Å². The first-order valence-corrected chi connectivity index (χ1v) is 9.68. The summed E-state index contributed by atoms with van der Waals surface area (Å²) < 4.78 is 17.2. The number of thiazole rings is 1. The van der Waals surface area contributed by atoms with Crippen LogP contribution >= 0.6 is 11.3 Å². The molecule has 1 atom stereocenters. The highest BCUT2D eigenvalue weighted by Crippen LogP contribution is 2.38. The van der Waals surface area contributed by atoms with Gasteiger partial charge in [-0.05, 0) is 36.8 Å². The Bertz CT molecular complexity index is 1220. The quantitative estimate of drug-likeness (QED) is 0.459. The van der Waals surface area contributed by atoms with Crippen molar-refractivity contribution >= 4 is 38.6 Å². The molecule has 2 aromatic carbocycles. The maximum absolute atomic E-state index is 12.5. The summed E-state index contributed by atoms with van der Waals surface area (Å²) in [6.07, 6.45) is 2.60. The van der Waals surface area contributed by atoms with Crippen molar-refractivity contribution in [3.05, 3.63) is 58.4 Å². The normalized spacial score (nSPS) is 12.3. The third-order valence-corrected chi connectivity index (χ3v) is 5.76. The minimum atomic E-state index is -0.604. The summed E-state index contributed by atoms with van der Waals surface area (Å²) in [7, 11) is 4.57. The number of fused-ring (bicyclic) bond motifs is 2. The van der Waals surface area contributed by atoms with Crippen LogP contribution in [0.1, 0.15) is 32.6 Å². The molecule has 0 spiro atoms. The molecule has 0 bridgehead atoms. The first kappa shape index (κ1) is 19.2. The largest absolute Gasteiger partial charge is 0.497 e. The average molecular weight is 409 g/mol. The van der Waals surface area contributed by atoms with Crippen LogP contribution in [0.5, 0.6) is 5.75 Å². The van der Waals surface area contributed by atoms with Crippen LogP contribution in [0.25, 0.3) is 21.3 Å². The first-order valence-electron chi connectivity index (χ1n) is 8.87. The third-order valence-electron chi connectivity index (χ3n) is 4.72. The summed E-state index contributed by atoms with van der Waals surface area (Å²) in [6.45, 7) is 1.99. The maximum Gasteiger partial charge on any atom is 0.338 e. The molecule has 0 fully saturated rings. The Balaban J connectivity index is 1.97. The number of methoxy groups -OCH3 is 3. The van der Waals surface area contributed by atoms with E-state index in [1.54, 1.807) is 38.7 Å². The number of aromatic nitrogens is 3. The number of esters is 1. The summed E-state index contributed by atoms with van der Waals surface area (Å²) >= 11 is 1.49. The van der Waals surface area contributed by atoms with Gasteiger partial charge in [0.2, 0.25) is 0 Å². The molecular weight excluding hydrogens is 390 g/mol. The number of nitrogens with zero attached hydrogens (tertiary/aromatic N) is 3. The minimum Gasteiger partial charge on any atom is -0.497 e. The second kappa shape index (κ2) is 7.73. The van der Waals surface area contributed by atoms with Crippen molar-refractivity contribution in [2.75, 3.05) is 21.3 Å². The summed E-state index contributed by atoms with van der Waals surface area (Å²) in [5.74, 6) is 0.305. The second-order valence-electron chi connectivity index (χ2n) is 6.40. The van der Waals surface area contributed by atoms with Crippen LogP contribution in [0.4, 0.5) is 0 Å². The third kappa shape index (κ3) is 3.30. The van der Waals surface area contributed by atoms with Crippen LogP contribution in [0.2, 0.25) is 0 Å². The van der Waals surface area contributed by atoms with Gasteiger partial charge in [0, 0.05) is 25.1 Å². The SMILES string of the molecule is COC(=O)c1ccc2nccnc2c1C(OC)c1nc2c(C)cc(OC)cc2s1. The van der Waals surface area contributed by atoms with Crippen molar-refractivity contribution in [1.82, 2.24) is 15.0 Å². The predicted molar refractivity (Wildman–Crippen MR) is 111 cm³/mol. The Hall–Kier alpha value is -3.10. The first-order chi connectivity index (χ1) is 14.1. The standard InChI is InChI=1S/C21H19N3O4S/c1-11-9-12(26-2)10-15-17(11)24-20(29-15)19(27-3)16-13(21(25)28-4)5-6-14-18(16)23-8-7-22-14/h5-10,19H,1-4H3. The molecule has 0 aliphatic rings. The highest BCUT2D eigenvalue weighted by atomic mass is 32.1. The Kier molecular flexibility index (Phi) is 5.12. The van der Waals surface area contributed by atoms with Crippen LogP contribution in [0.3, 0.4) is 0 Å². The number of carbonyl (C=O) groups excluding carboxylic acids is 1. The zero-order valence-electron chi connectivity index (χ0n) is 16.4. The van der Waals surface area contributed by atoms with Crippen LogP contribution < -0.4 is 4.74 Å². The van der Waals surface area contributed by atoms with Gasteiger partial charge in [-0.15, -0.1) is 11.3 Å². The summed E-state index contributed by atoms with van der Waals surface area (Å²) in [6, 6.07) is 7.32. The highest BCUT2D eigenvalue weighted by molar-refractivity contribution is 7.18. The van der Waals surface area contributed by atoms with Gasteiger partial charge in [0.05, 0.1) is 41.0 Å². The Labute approximate surface area is 171 Å². The van der Waals surface area contributed by atoms with E-state index < -0.39 is 12.1 Å². The number of benzene rings is 2. The van der Waals surface area contributed by atoms with E-state index >= 15 is 0 Å². The van der Waals surface area contributed by atoms with Crippen molar-refractivity contribution in [2.45, 2.75) is 13.0 Å². The fraction of sp³-hybridized carbons (Fsp3) is 0.238. The molecule has 2 aromatic heterocycles. The fourth-order valence-corrected chi connectivity index (χ4v) is 4.53. The Morgan fingerprint density at radius 2 is 1.86 bits per heavy atom. The molecule has 0 saturated carbocycles. The molecule has 2 heterocycles. The van der Waals surface area contributed by atoms with Crippen molar-refractivity contribution in [3.63, 3.8) is 0 Å². The Morgan fingerprint density at radius 1 is 1.07 bits per heavy atom. The van der Waals surface area contributed by atoms with Gasteiger partial charge in [-0.3, -0.25) is 9.97 Å². The highest BCUT2D eigenvalue weighted by Gasteiger charge is 2.28. The van der Waals surface area contributed by atoms with Crippen molar-refractivity contribution in [3.8, 4) is 5.75 Å². The van der Waals surface area contributed by atoms with Gasteiger partial charge in [-0.1, -0.05) is 0 Å². The topological polar surface area (TPSA) is 83.4 Å². The number of hydrogen-bond donors (Lipinski definition) is 0. The number of rotatable bonds is 5. The Morgan fingerprint density at radius 3 is 2.59 bits per heavy atom. The fourth-order valence-electron chi connectivity index (χ4n) is 3.37. The van der Waals surface area contributed by atoms with Crippen molar-refractivity contribution in [1.29, 1.82) is 0 Å². The van der Waals surface area contributed by atoms with Gasteiger partial charge in [0.15, 0.2) is 0 Å². The molecule has 0 amide bonds. The van der Waals surface area contributed by atoms with E-state index in [1.807, 2.05) is 19.1 Å². The van der Waals surface area contributed by atoms with E-state index in [0.29, 0.717) is 27.2 Å². The van der Waals surface area contributed by atoms with Gasteiger partial charge < -0.3 is 14.2 Å². The van der Waals surface area contributed by atoms with E-state index in [-0.39, 0.29) is 0 Å². The molecule has 1 unspecified atom stereocenters. The van der Waals surface area contributed by atoms with Crippen LogP contribution in [0.15, 0.2) is 36.7 Å². The molecule has 148 valence electrons. The molecule has 29 heavy (non-hydrogen) atoms. The molecule has 0 aliphatic carbocycles. The van der Waals surface area contributed by atoms with E-state index in [1.165, 1.54) is 18.4 Å². The van der Waals surface area contributed by atoms with E-state index in [4.69, 9.17) is 19.2 Å². The van der Waals surface area contributed by atoms with Gasteiger partial charge in [-0.25, -0.2) is 9.78 Å². The zero-order chi connectivity index (χ0) is 20.5. The summed E-state index contributed by atoms with van der Waals surface area (Å²) in [4.78, 5) is 26.1. The van der Waals surface area contributed by atoms with E-state index in [0.717, 1.165) is 21.5 Å². The molecule has 4 rings (SSSR count). The molecule has 0 radical (unpaired) electrons. The summed E-state index contributed by atoms with van der Waals surface area (Å²) in [5, 5.41) is 0.710. The molecular formula is C21H19N3O4S. The second-order valence-corrected chi connectivity index (χ2v) is 7.46. The zero-order valence-corrected chi connectivity index (χ0v) is 17.2. The molecule has 7 nitrogen and oxygen atoms in total. The monoisotopic (exact) mass is 409 g/mol. The van der Waals surface area contributed by atoms with Crippen molar-refractivity contribution < 1.29 is 19.0 Å². The maximum atomic E-state index is 12.5. The van der Waals surface area contributed by atoms with Gasteiger partial charge in [-0.2, -0.15) is 0 Å². The van der Waals surface area contributed by atoms with Gasteiger partial charge in [0.1, 0.15) is 16.9 Å². The minimum absolute atomic E-state index is 0.376. The van der Waals surface area contributed by atoms with Crippen molar-refractivity contribution in [2.24, 2.45) is 0 Å². The van der Waals surface area contributed by atoms with Crippen LogP contribution in [-0.2, 0) is 9.47 Å². The number of carbonyl (C=O) groups is 1. The molecule has 8 heteroatoms. The molecule has 0 N–H and O–H groups in total. The van der Waals surface area contributed by atoms with Crippen LogP contribution in [-0.4, -0.2) is 42.3 Å². The lowest BCUT2D eigenvalue weighted by Crippen LogP contribution is -2.13. The molecule has 0 aliphatic heterocycles. The molecule has 4 aromatic rings.